The van der Waals surface area contributed by atoms with E-state index in [1.165, 1.54) is 30.0 Å². The average molecular weight is 361 g/mol. The Hall–Kier alpha value is -2.25. The van der Waals surface area contributed by atoms with Crippen LogP contribution in [0.2, 0.25) is 0 Å². The van der Waals surface area contributed by atoms with Gasteiger partial charge in [-0.2, -0.15) is 0 Å². The first kappa shape index (κ1) is 16.6. The van der Waals surface area contributed by atoms with Crippen molar-refractivity contribution in [1.29, 1.82) is 0 Å². The van der Waals surface area contributed by atoms with Crippen LogP contribution in [0.1, 0.15) is 15.9 Å². The van der Waals surface area contributed by atoms with Gasteiger partial charge in [-0.25, -0.2) is 9.18 Å². The van der Waals surface area contributed by atoms with Crippen molar-refractivity contribution in [3.8, 4) is 5.75 Å². The number of thiol groups is 1. The van der Waals surface area contributed by atoms with Crippen LogP contribution in [0.4, 0.5) is 4.39 Å². The summed E-state index contributed by atoms with van der Waals surface area (Å²) in [6.45, 7) is 0. The van der Waals surface area contributed by atoms with Gasteiger partial charge in [0.05, 0.1) is 10.5 Å². The molecule has 2 aromatic rings. The topological polar surface area (TPSA) is 55.4 Å². The summed E-state index contributed by atoms with van der Waals surface area (Å²) in [4.78, 5) is 24.3. The predicted molar refractivity (Wildman–Crippen MR) is 94.3 cm³/mol. The maximum Gasteiger partial charge on any atom is 0.343 e. The van der Waals surface area contributed by atoms with E-state index in [0.717, 1.165) is 6.07 Å². The van der Waals surface area contributed by atoms with Crippen molar-refractivity contribution in [2.75, 3.05) is 0 Å². The largest absolute Gasteiger partial charge is 0.423 e. The normalized spacial score (nSPS) is 18.5. The number of benzene rings is 2. The fourth-order valence-electron chi connectivity index (χ4n) is 2.09. The Balaban J connectivity index is 1.77. The minimum atomic E-state index is -0.650. The molecule has 1 saturated heterocycles. The molecule has 1 heterocycles. The van der Waals surface area contributed by atoms with Gasteiger partial charge in [0.1, 0.15) is 16.3 Å². The summed E-state index contributed by atoms with van der Waals surface area (Å²) in [5.74, 6) is -1.04. The van der Waals surface area contributed by atoms with Crippen molar-refractivity contribution in [1.82, 2.24) is 5.32 Å². The molecule has 4 nitrogen and oxygen atoms in total. The molecule has 0 saturated carbocycles. The van der Waals surface area contributed by atoms with Crippen molar-refractivity contribution in [3.05, 3.63) is 70.4 Å². The number of amides is 1. The zero-order chi connectivity index (χ0) is 17.1. The van der Waals surface area contributed by atoms with Crippen molar-refractivity contribution < 1.29 is 18.7 Å². The number of carbonyl (C=O) groups is 2. The Bertz CT molecular complexity index is 838. The fourth-order valence-corrected chi connectivity index (χ4v) is 3.32. The van der Waals surface area contributed by atoms with E-state index in [4.69, 9.17) is 4.74 Å². The highest BCUT2D eigenvalue weighted by molar-refractivity contribution is 8.14. The van der Waals surface area contributed by atoms with Crippen LogP contribution in [0.3, 0.4) is 0 Å². The van der Waals surface area contributed by atoms with Gasteiger partial charge in [0.25, 0.3) is 5.91 Å². The highest BCUT2D eigenvalue weighted by Crippen LogP contribution is 2.31. The van der Waals surface area contributed by atoms with Crippen LogP contribution in [0.5, 0.6) is 5.75 Å². The minimum Gasteiger partial charge on any atom is -0.423 e. The summed E-state index contributed by atoms with van der Waals surface area (Å²) in [7, 11) is 0. The smallest absolute Gasteiger partial charge is 0.343 e. The van der Waals surface area contributed by atoms with E-state index < -0.39 is 11.8 Å². The van der Waals surface area contributed by atoms with Gasteiger partial charge in [-0.05, 0) is 42.0 Å². The van der Waals surface area contributed by atoms with Crippen LogP contribution in [-0.4, -0.2) is 16.6 Å². The van der Waals surface area contributed by atoms with E-state index >= 15 is 0 Å². The molecule has 122 valence electrons. The molecule has 1 atom stereocenters. The van der Waals surface area contributed by atoms with Gasteiger partial charge in [-0.1, -0.05) is 30.0 Å². The van der Waals surface area contributed by atoms with Gasteiger partial charge in [0.15, 0.2) is 0 Å². The molecule has 1 unspecified atom stereocenters. The van der Waals surface area contributed by atoms with Crippen LogP contribution in [0, 0.1) is 5.82 Å². The van der Waals surface area contributed by atoms with E-state index in [1.807, 2.05) is 0 Å². The first-order valence-corrected chi connectivity index (χ1v) is 8.36. The highest BCUT2D eigenvalue weighted by atomic mass is 32.2. The van der Waals surface area contributed by atoms with Gasteiger partial charge < -0.3 is 10.1 Å². The molecule has 0 spiro atoms. The van der Waals surface area contributed by atoms with E-state index in [-0.39, 0.29) is 16.2 Å². The summed E-state index contributed by atoms with van der Waals surface area (Å²) in [5.41, 5.74) is 0.835. The third-order valence-electron chi connectivity index (χ3n) is 3.14. The highest BCUT2D eigenvalue weighted by Gasteiger charge is 2.24. The van der Waals surface area contributed by atoms with E-state index in [9.17, 15) is 14.0 Å². The molecule has 1 amide bonds. The summed E-state index contributed by atoms with van der Waals surface area (Å²) < 4.78 is 18.1. The molecule has 2 aromatic carbocycles. The molecule has 0 aliphatic carbocycles. The first-order valence-electron chi connectivity index (χ1n) is 6.96. The Morgan fingerprint density at radius 2 is 2.04 bits per heavy atom. The number of carbonyl (C=O) groups excluding carboxylic acids is 2. The second-order valence-electron chi connectivity index (χ2n) is 4.92. The number of hydrogen-bond acceptors (Lipinski definition) is 5. The lowest BCUT2D eigenvalue weighted by atomic mass is 10.2. The van der Waals surface area contributed by atoms with Crippen LogP contribution in [-0.2, 0) is 4.79 Å². The quantitative estimate of drug-likeness (QED) is 0.380. The fraction of sp³-hybridized carbons (Fsp3) is 0.0588. The number of ether oxygens (including phenoxy) is 1. The van der Waals surface area contributed by atoms with Gasteiger partial charge in [-0.15, -0.1) is 12.6 Å². The van der Waals surface area contributed by atoms with Gasteiger partial charge in [0, 0.05) is 0 Å². The second-order valence-corrected chi connectivity index (χ2v) is 6.94. The molecule has 0 radical (unpaired) electrons. The van der Waals surface area contributed by atoms with Gasteiger partial charge in [-0.3, -0.25) is 4.79 Å². The lowest BCUT2D eigenvalue weighted by Gasteiger charge is -2.05. The number of esters is 1. The number of hydrogen-bond donors (Lipinski definition) is 2. The van der Waals surface area contributed by atoms with Crippen LogP contribution in [0.25, 0.3) is 6.08 Å². The van der Waals surface area contributed by atoms with Crippen molar-refractivity contribution in [2.45, 2.75) is 4.71 Å². The Morgan fingerprint density at radius 1 is 1.25 bits per heavy atom. The van der Waals surface area contributed by atoms with Crippen molar-refractivity contribution in [3.63, 3.8) is 0 Å². The summed E-state index contributed by atoms with van der Waals surface area (Å²) in [5, 5.41) is 2.66. The zero-order valence-electron chi connectivity index (χ0n) is 12.2. The number of halogens is 1. The van der Waals surface area contributed by atoms with Crippen LogP contribution >= 0.6 is 24.4 Å². The zero-order valence-corrected chi connectivity index (χ0v) is 13.9. The molecular weight excluding hydrogens is 349 g/mol. The SMILES string of the molecule is O=C1NC(S)SC1=Cc1cccc(OC(=O)c2cccc(F)c2)c1. The van der Waals surface area contributed by atoms with Crippen molar-refractivity contribution in [2.24, 2.45) is 0 Å². The number of rotatable bonds is 3. The molecular formula is C17H12FNO3S2. The lowest BCUT2D eigenvalue weighted by Crippen LogP contribution is -2.19. The third-order valence-corrected chi connectivity index (χ3v) is 4.49. The van der Waals surface area contributed by atoms with E-state index in [2.05, 4.69) is 17.9 Å². The molecule has 1 fully saturated rings. The Labute approximate surface area is 147 Å². The maximum absolute atomic E-state index is 13.2. The van der Waals surface area contributed by atoms with E-state index in [1.54, 1.807) is 30.3 Å². The maximum atomic E-state index is 13.2. The third kappa shape index (κ3) is 3.98. The minimum absolute atomic E-state index is 0.127. The van der Waals surface area contributed by atoms with Crippen molar-refractivity contribution >= 4 is 42.3 Å². The predicted octanol–water partition coefficient (Wildman–Crippen LogP) is 3.46. The van der Waals surface area contributed by atoms with Crippen LogP contribution < -0.4 is 10.1 Å². The van der Waals surface area contributed by atoms with Crippen LogP contribution in [0.15, 0.2) is 53.4 Å². The first-order chi connectivity index (χ1) is 11.5. The van der Waals surface area contributed by atoms with Gasteiger partial charge >= 0.3 is 5.97 Å². The summed E-state index contributed by atoms with van der Waals surface area (Å²) in [6.07, 6.45) is 1.69. The molecule has 1 aliphatic heterocycles. The molecule has 24 heavy (non-hydrogen) atoms. The number of thioether (sulfide) groups is 1. The number of nitrogens with one attached hydrogen (secondary N) is 1. The molecule has 7 heteroatoms. The average Bonchev–Trinajstić information content (AvgIpc) is 2.85. The van der Waals surface area contributed by atoms with Gasteiger partial charge in [0.2, 0.25) is 0 Å². The Kier molecular flexibility index (Phi) is 4.92. The molecule has 3 rings (SSSR count). The molecule has 0 bridgehead atoms. The lowest BCUT2D eigenvalue weighted by molar-refractivity contribution is -0.116. The summed E-state index contributed by atoms with van der Waals surface area (Å²) in [6, 6.07) is 12.0. The van der Waals surface area contributed by atoms with E-state index in [0.29, 0.717) is 16.2 Å². The molecule has 1 N–H and O–H groups in total. The Morgan fingerprint density at radius 3 is 2.75 bits per heavy atom. The second kappa shape index (κ2) is 7.11. The molecule has 1 aliphatic rings. The summed E-state index contributed by atoms with van der Waals surface area (Å²) >= 11 is 5.48. The standard InChI is InChI=1S/C17H12FNO3S2/c18-12-5-2-4-11(9-12)16(21)22-13-6-1-3-10(7-13)8-14-15(20)19-17(23)24-14/h1-9,17,23H,(H,19,20). The molecule has 0 aromatic heterocycles. The monoisotopic (exact) mass is 361 g/mol.